The molecular weight excluding hydrogens is 316 g/mol. The van der Waals surface area contributed by atoms with Crippen LogP contribution in [0.4, 0.5) is 0 Å². The molecular formula is C15H22N4O3S. The van der Waals surface area contributed by atoms with Gasteiger partial charge in [-0.1, -0.05) is 0 Å². The molecule has 0 fully saturated rings. The van der Waals surface area contributed by atoms with Crippen LogP contribution in [-0.2, 0) is 10.0 Å². The molecule has 3 N–H and O–H groups in total. The van der Waals surface area contributed by atoms with E-state index in [9.17, 15) is 8.42 Å². The predicted molar refractivity (Wildman–Crippen MR) is 87.7 cm³/mol. The van der Waals surface area contributed by atoms with Gasteiger partial charge in [0, 0.05) is 25.0 Å². The maximum Gasteiger partial charge on any atom is 0.238 e. The number of primary sulfonamides is 1. The van der Waals surface area contributed by atoms with Crippen LogP contribution < -0.4 is 15.2 Å². The Hall–Kier alpha value is -1.90. The molecule has 2 rings (SSSR count). The highest BCUT2D eigenvalue weighted by atomic mass is 32.2. The maximum atomic E-state index is 11.2. The monoisotopic (exact) mass is 338 g/mol. The highest BCUT2D eigenvalue weighted by molar-refractivity contribution is 7.89. The second-order valence-corrected chi connectivity index (χ2v) is 6.90. The van der Waals surface area contributed by atoms with Gasteiger partial charge in [0.1, 0.15) is 12.4 Å². The standard InChI is InChI=1S/C15H22N4O3S/c1-12(13(2)19-10-3-8-18-19)17-9-11-22-14-4-6-15(7-5-14)23(16,20)21/h3-8,10,12-13,17H,9,11H2,1-2H3,(H2,16,20,21)/t12-,13-/m0/s1. The minimum atomic E-state index is -3.66. The van der Waals surface area contributed by atoms with Crippen molar-refractivity contribution in [1.82, 2.24) is 15.1 Å². The predicted octanol–water partition coefficient (Wildman–Crippen LogP) is 1.15. The van der Waals surface area contributed by atoms with E-state index in [0.717, 1.165) is 0 Å². The van der Waals surface area contributed by atoms with Gasteiger partial charge in [0.25, 0.3) is 0 Å². The van der Waals surface area contributed by atoms with Gasteiger partial charge in [0.2, 0.25) is 10.0 Å². The minimum Gasteiger partial charge on any atom is -0.492 e. The van der Waals surface area contributed by atoms with Crippen LogP contribution in [0.5, 0.6) is 5.75 Å². The van der Waals surface area contributed by atoms with E-state index in [1.807, 2.05) is 16.9 Å². The molecule has 0 aliphatic carbocycles. The third-order valence-electron chi connectivity index (χ3n) is 3.66. The first kappa shape index (κ1) is 17.5. The van der Waals surface area contributed by atoms with E-state index in [1.54, 1.807) is 18.3 Å². The lowest BCUT2D eigenvalue weighted by atomic mass is 10.2. The zero-order chi connectivity index (χ0) is 16.9. The molecule has 23 heavy (non-hydrogen) atoms. The fraction of sp³-hybridized carbons (Fsp3) is 0.400. The smallest absolute Gasteiger partial charge is 0.238 e. The number of benzene rings is 1. The fourth-order valence-electron chi connectivity index (χ4n) is 2.10. The van der Waals surface area contributed by atoms with Crippen LogP contribution in [0.15, 0.2) is 47.6 Å². The van der Waals surface area contributed by atoms with Gasteiger partial charge in [-0.2, -0.15) is 5.10 Å². The third kappa shape index (κ3) is 5.05. The van der Waals surface area contributed by atoms with Crippen LogP contribution in [0.1, 0.15) is 19.9 Å². The maximum absolute atomic E-state index is 11.2. The molecule has 1 aromatic carbocycles. The van der Waals surface area contributed by atoms with Crippen LogP contribution >= 0.6 is 0 Å². The normalized spacial score (nSPS) is 14.4. The van der Waals surface area contributed by atoms with Crippen LogP contribution in [0.2, 0.25) is 0 Å². The molecule has 0 spiro atoms. The summed E-state index contributed by atoms with van der Waals surface area (Å²) in [6.07, 6.45) is 3.70. The van der Waals surface area contributed by atoms with Crippen molar-refractivity contribution >= 4 is 10.0 Å². The van der Waals surface area contributed by atoms with E-state index in [0.29, 0.717) is 18.9 Å². The Bertz CT molecular complexity index is 699. The highest BCUT2D eigenvalue weighted by Gasteiger charge is 2.13. The molecule has 0 aliphatic heterocycles. The summed E-state index contributed by atoms with van der Waals surface area (Å²) < 4.78 is 29.8. The van der Waals surface area contributed by atoms with Gasteiger partial charge in [0.05, 0.1) is 10.9 Å². The van der Waals surface area contributed by atoms with Crippen LogP contribution in [0.3, 0.4) is 0 Å². The largest absolute Gasteiger partial charge is 0.492 e. The number of nitrogens with two attached hydrogens (primary N) is 1. The lowest BCUT2D eigenvalue weighted by Gasteiger charge is -2.21. The van der Waals surface area contributed by atoms with Crippen LogP contribution in [0.25, 0.3) is 0 Å². The molecule has 0 aliphatic rings. The van der Waals surface area contributed by atoms with Crippen molar-refractivity contribution in [3.8, 4) is 5.75 Å². The van der Waals surface area contributed by atoms with Crippen molar-refractivity contribution in [2.75, 3.05) is 13.2 Å². The number of aromatic nitrogens is 2. The molecule has 0 amide bonds. The van der Waals surface area contributed by atoms with Gasteiger partial charge in [-0.3, -0.25) is 4.68 Å². The lowest BCUT2D eigenvalue weighted by Crippen LogP contribution is -2.36. The van der Waals surface area contributed by atoms with E-state index < -0.39 is 10.0 Å². The van der Waals surface area contributed by atoms with E-state index in [2.05, 4.69) is 24.3 Å². The molecule has 0 bridgehead atoms. The Morgan fingerprint density at radius 3 is 2.57 bits per heavy atom. The Morgan fingerprint density at radius 1 is 1.30 bits per heavy atom. The second kappa shape index (κ2) is 7.58. The molecule has 0 unspecified atom stereocenters. The van der Waals surface area contributed by atoms with Gasteiger partial charge >= 0.3 is 0 Å². The number of ether oxygens (including phenoxy) is 1. The second-order valence-electron chi connectivity index (χ2n) is 5.33. The number of hydrogen-bond acceptors (Lipinski definition) is 5. The summed E-state index contributed by atoms with van der Waals surface area (Å²) in [6, 6.07) is 8.42. The molecule has 126 valence electrons. The van der Waals surface area contributed by atoms with Crippen molar-refractivity contribution < 1.29 is 13.2 Å². The third-order valence-corrected chi connectivity index (χ3v) is 4.58. The summed E-state index contributed by atoms with van der Waals surface area (Å²) in [5.74, 6) is 0.604. The highest BCUT2D eigenvalue weighted by Crippen LogP contribution is 2.14. The minimum absolute atomic E-state index is 0.0737. The van der Waals surface area contributed by atoms with Crippen molar-refractivity contribution in [2.45, 2.75) is 30.8 Å². The first-order chi connectivity index (χ1) is 10.9. The van der Waals surface area contributed by atoms with Gasteiger partial charge in [-0.05, 0) is 44.2 Å². The van der Waals surface area contributed by atoms with Crippen molar-refractivity contribution in [1.29, 1.82) is 0 Å². The van der Waals surface area contributed by atoms with Crippen LogP contribution in [-0.4, -0.2) is 37.4 Å². The van der Waals surface area contributed by atoms with E-state index in [1.165, 1.54) is 12.1 Å². The molecule has 0 radical (unpaired) electrons. The van der Waals surface area contributed by atoms with Crippen molar-refractivity contribution in [3.63, 3.8) is 0 Å². The molecule has 8 heteroatoms. The van der Waals surface area contributed by atoms with Gasteiger partial charge in [0.15, 0.2) is 0 Å². The molecule has 2 atom stereocenters. The summed E-state index contributed by atoms with van der Waals surface area (Å²) in [6.45, 7) is 5.33. The van der Waals surface area contributed by atoms with Crippen molar-refractivity contribution in [2.24, 2.45) is 5.14 Å². The summed E-state index contributed by atoms with van der Waals surface area (Å²) in [4.78, 5) is 0.0737. The number of nitrogens with one attached hydrogen (secondary N) is 1. The average Bonchev–Trinajstić information content (AvgIpc) is 3.04. The molecule has 0 saturated heterocycles. The van der Waals surface area contributed by atoms with Gasteiger partial charge in [-0.15, -0.1) is 0 Å². The van der Waals surface area contributed by atoms with Crippen molar-refractivity contribution in [3.05, 3.63) is 42.7 Å². The topological polar surface area (TPSA) is 99.2 Å². The van der Waals surface area contributed by atoms with Gasteiger partial charge in [-0.25, -0.2) is 13.6 Å². The first-order valence-corrected chi connectivity index (χ1v) is 8.91. The Labute approximate surface area is 136 Å². The number of rotatable bonds is 8. The Kier molecular flexibility index (Phi) is 5.75. The average molecular weight is 338 g/mol. The molecule has 7 nitrogen and oxygen atoms in total. The summed E-state index contributed by atoms with van der Waals surface area (Å²) in [7, 11) is -3.66. The van der Waals surface area contributed by atoms with E-state index in [-0.39, 0.29) is 17.0 Å². The number of hydrogen-bond donors (Lipinski definition) is 2. The quantitative estimate of drug-likeness (QED) is 0.703. The lowest BCUT2D eigenvalue weighted by molar-refractivity contribution is 0.288. The number of nitrogens with zero attached hydrogens (tertiary/aromatic N) is 2. The van der Waals surface area contributed by atoms with Gasteiger partial charge < -0.3 is 10.1 Å². The van der Waals surface area contributed by atoms with Crippen LogP contribution in [0, 0.1) is 0 Å². The molecule has 1 heterocycles. The molecule has 1 aromatic heterocycles. The Balaban J connectivity index is 1.75. The summed E-state index contributed by atoms with van der Waals surface area (Å²) in [5, 5.41) is 12.6. The fourth-order valence-corrected chi connectivity index (χ4v) is 2.62. The van der Waals surface area contributed by atoms with E-state index >= 15 is 0 Å². The zero-order valence-corrected chi connectivity index (χ0v) is 14.0. The number of sulfonamides is 1. The summed E-state index contributed by atoms with van der Waals surface area (Å²) >= 11 is 0. The SMILES string of the molecule is C[C@H](NCCOc1ccc(S(N)(=O)=O)cc1)[C@H](C)n1cccn1. The zero-order valence-electron chi connectivity index (χ0n) is 13.2. The first-order valence-electron chi connectivity index (χ1n) is 7.36. The Morgan fingerprint density at radius 2 is 2.00 bits per heavy atom. The van der Waals surface area contributed by atoms with E-state index in [4.69, 9.17) is 9.88 Å². The molecule has 0 saturated carbocycles. The summed E-state index contributed by atoms with van der Waals surface area (Å²) in [5.41, 5.74) is 0. The molecule has 2 aromatic rings.